The number of nitrogens with zero attached hydrogens (tertiary/aromatic N) is 2. The molecule has 2 aromatic carbocycles. The van der Waals surface area contributed by atoms with Crippen LogP contribution in [0.4, 0.5) is 11.4 Å². The Bertz CT molecular complexity index is 1240. The Balaban J connectivity index is 1.56. The Labute approximate surface area is 236 Å². The van der Waals surface area contributed by atoms with Gasteiger partial charge in [-0.25, -0.2) is 0 Å². The number of hydrogen-bond acceptors (Lipinski definition) is 3. The molecule has 210 valence electrons. The van der Waals surface area contributed by atoms with E-state index in [9.17, 15) is 4.79 Å². The maximum atomic E-state index is 12.2. The van der Waals surface area contributed by atoms with Crippen molar-refractivity contribution < 1.29 is 14.1 Å². The van der Waals surface area contributed by atoms with Gasteiger partial charge in [-0.2, -0.15) is 4.58 Å². The number of allylic oxidation sites excluding steroid dienone is 2. The van der Waals surface area contributed by atoms with Gasteiger partial charge in [0, 0.05) is 47.8 Å². The average Bonchev–Trinajstić information content (AvgIpc) is 3.28. The molecule has 4 nitrogen and oxygen atoms in total. The number of carbonyl (C=O) groups excluding carboxylic acids is 1. The molecule has 0 bridgehead atoms. The first-order valence-electron chi connectivity index (χ1n) is 15.1. The van der Waals surface area contributed by atoms with Gasteiger partial charge in [0.25, 0.3) is 0 Å². The summed E-state index contributed by atoms with van der Waals surface area (Å²) in [5, 5.41) is 0. The number of hydrogen-bond donors (Lipinski definition) is 0. The number of unbranched alkanes of at least 4 members (excludes halogenated alkanes) is 1. The van der Waals surface area contributed by atoms with Crippen molar-refractivity contribution in [1.82, 2.24) is 0 Å². The molecule has 0 spiro atoms. The standard InChI is InChI=1S/C35H49N2O2/c1-8-10-23-36-29-19-13-11-17-27(29)34(4,5)31(36)21-15-22-32-35(6,7)28-18-12-14-20-30(28)37(32)24-16-25-39-33(38)26(3)9-2/h11-14,17-21,26H,8-10,15-16,22-25H2,1-7H3/q+1. The van der Waals surface area contributed by atoms with Crippen LogP contribution >= 0.6 is 0 Å². The molecule has 0 aromatic heterocycles. The average molecular weight is 530 g/mol. The topological polar surface area (TPSA) is 32.5 Å². The predicted molar refractivity (Wildman–Crippen MR) is 163 cm³/mol. The Hall–Kier alpha value is -2.88. The Morgan fingerprint density at radius 2 is 1.67 bits per heavy atom. The van der Waals surface area contributed by atoms with Gasteiger partial charge in [-0.1, -0.05) is 83.5 Å². The minimum absolute atomic E-state index is 0.00233. The second-order valence-corrected chi connectivity index (χ2v) is 12.3. The van der Waals surface area contributed by atoms with Crippen LogP contribution in [0.1, 0.15) is 98.1 Å². The zero-order valence-electron chi connectivity index (χ0n) is 25.3. The molecule has 2 aromatic rings. The van der Waals surface area contributed by atoms with E-state index >= 15 is 0 Å². The lowest BCUT2D eigenvalue weighted by molar-refractivity contribution is -0.441. The summed E-state index contributed by atoms with van der Waals surface area (Å²) in [5.41, 5.74) is 8.37. The van der Waals surface area contributed by atoms with E-state index in [-0.39, 0.29) is 22.7 Å². The Morgan fingerprint density at radius 1 is 0.974 bits per heavy atom. The van der Waals surface area contributed by atoms with Crippen molar-refractivity contribution in [3.63, 3.8) is 0 Å². The van der Waals surface area contributed by atoms with E-state index in [1.54, 1.807) is 0 Å². The van der Waals surface area contributed by atoms with E-state index in [1.165, 1.54) is 46.8 Å². The van der Waals surface area contributed by atoms with Crippen LogP contribution in [0, 0.1) is 5.92 Å². The van der Waals surface area contributed by atoms with E-state index in [1.807, 2.05) is 13.8 Å². The Morgan fingerprint density at radius 3 is 2.38 bits per heavy atom. The lowest BCUT2D eigenvalue weighted by Crippen LogP contribution is -2.30. The van der Waals surface area contributed by atoms with Gasteiger partial charge >= 0.3 is 5.97 Å². The molecule has 4 heteroatoms. The van der Waals surface area contributed by atoms with Crippen molar-refractivity contribution in [2.24, 2.45) is 5.92 Å². The molecule has 0 fully saturated rings. The van der Waals surface area contributed by atoms with Crippen molar-refractivity contribution in [1.29, 1.82) is 0 Å². The molecule has 0 saturated carbocycles. The molecule has 2 heterocycles. The molecule has 0 radical (unpaired) electrons. The summed E-state index contributed by atoms with van der Waals surface area (Å²) in [6.45, 7) is 18.1. The normalized spacial score (nSPS) is 18.8. The number of ether oxygens (including phenoxy) is 1. The first kappa shape index (κ1) is 29.1. The minimum atomic E-state index is -0.0803. The summed E-state index contributed by atoms with van der Waals surface area (Å²) in [4.78, 5) is 14.7. The predicted octanol–water partition coefficient (Wildman–Crippen LogP) is 8.30. The van der Waals surface area contributed by atoms with Gasteiger partial charge < -0.3 is 9.64 Å². The van der Waals surface area contributed by atoms with Gasteiger partial charge in [0.15, 0.2) is 12.3 Å². The summed E-state index contributed by atoms with van der Waals surface area (Å²) < 4.78 is 8.09. The number of fused-ring (bicyclic) bond motifs is 2. The lowest BCUT2D eigenvalue weighted by Gasteiger charge is -2.27. The second-order valence-electron chi connectivity index (χ2n) is 12.3. The maximum absolute atomic E-state index is 12.2. The molecule has 2 aliphatic rings. The zero-order valence-corrected chi connectivity index (χ0v) is 25.3. The van der Waals surface area contributed by atoms with Gasteiger partial charge in [-0.15, -0.1) is 0 Å². The van der Waals surface area contributed by atoms with Gasteiger partial charge in [0.1, 0.15) is 0 Å². The summed E-state index contributed by atoms with van der Waals surface area (Å²) in [6.07, 6.45) is 8.54. The highest BCUT2D eigenvalue weighted by Gasteiger charge is 2.45. The number of esters is 1. The maximum Gasteiger partial charge on any atom is 0.308 e. The molecule has 0 N–H and O–H groups in total. The van der Waals surface area contributed by atoms with E-state index in [0.29, 0.717) is 6.61 Å². The van der Waals surface area contributed by atoms with Crippen molar-refractivity contribution in [3.05, 3.63) is 71.4 Å². The number of para-hydroxylation sites is 2. The molecule has 2 aliphatic heterocycles. The minimum Gasteiger partial charge on any atom is -0.465 e. The van der Waals surface area contributed by atoms with Gasteiger partial charge in [0.2, 0.25) is 5.69 Å². The zero-order chi connectivity index (χ0) is 28.2. The van der Waals surface area contributed by atoms with E-state index in [0.717, 1.165) is 38.8 Å². The van der Waals surface area contributed by atoms with Crippen molar-refractivity contribution in [2.75, 3.05) is 24.6 Å². The van der Waals surface area contributed by atoms with Crippen LogP contribution in [0.3, 0.4) is 0 Å². The van der Waals surface area contributed by atoms with Gasteiger partial charge in [-0.05, 0) is 44.7 Å². The molecule has 1 unspecified atom stereocenters. The smallest absolute Gasteiger partial charge is 0.308 e. The first-order chi connectivity index (χ1) is 18.6. The third-order valence-corrected chi connectivity index (χ3v) is 8.95. The van der Waals surface area contributed by atoms with Crippen molar-refractivity contribution in [3.8, 4) is 0 Å². The van der Waals surface area contributed by atoms with E-state index < -0.39 is 0 Å². The third kappa shape index (κ3) is 5.71. The molecule has 1 atom stereocenters. The van der Waals surface area contributed by atoms with Crippen LogP contribution in [0.15, 0.2) is 60.3 Å². The van der Waals surface area contributed by atoms with Crippen molar-refractivity contribution in [2.45, 2.75) is 97.8 Å². The van der Waals surface area contributed by atoms with Gasteiger partial charge in [0.05, 0.1) is 17.9 Å². The molecular formula is C35H49N2O2+. The first-order valence-corrected chi connectivity index (χ1v) is 15.1. The van der Waals surface area contributed by atoms with Crippen LogP contribution in [-0.4, -0.2) is 36.0 Å². The van der Waals surface area contributed by atoms with Crippen LogP contribution in [0.2, 0.25) is 0 Å². The molecule has 39 heavy (non-hydrogen) atoms. The van der Waals surface area contributed by atoms with Crippen molar-refractivity contribution >= 4 is 23.1 Å². The molecule has 0 amide bonds. The quantitative estimate of drug-likeness (QED) is 0.157. The second kappa shape index (κ2) is 12.1. The monoisotopic (exact) mass is 529 g/mol. The molecular weight excluding hydrogens is 480 g/mol. The summed E-state index contributed by atoms with van der Waals surface area (Å²) >= 11 is 0. The summed E-state index contributed by atoms with van der Waals surface area (Å²) in [6, 6.07) is 17.7. The SMILES string of the molecule is CCCCN1C(=CCCC2=[N+](CCCOC(=O)C(C)CC)c3ccccc3C2(C)C)C(C)(C)c2ccccc21. The van der Waals surface area contributed by atoms with Gasteiger partial charge in [-0.3, -0.25) is 4.79 Å². The highest BCUT2D eigenvalue weighted by molar-refractivity contribution is 5.95. The van der Waals surface area contributed by atoms with Crippen LogP contribution < -0.4 is 4.90 Å². The summed E-state index contributed by atoms with van der Waals surface area (Å²) in [7, 11) is 0. The van der Waals surface area contributed by atoms with E-state index in [2.05, 4.69) is 98.7 Å². The fraction of sp³-hybridized carbons (Fsp3) is 0.543. The van der Waals surface area contributed by atoms with Crippen LogP contribution in [0.25, 0.3) is 0 Å². The molecule has 4 rings (SSSR count). The molecule has 0 aliphatic carbocycles. The summed E-state index contributed by atoms with van der Waals surface area (Å²) in [5.74, 6) is -0.113. The Kier molecular flexibility index (Phi) is 9.03. The highest BCUT2D eigenvalue weighted by atomic mass is 16.5. The number of benzene rings is 2. The third-order valence-electron chi connectivity index (χ3n) is 8.95. The van der Waals surface area contributed by atoms with E-state index in [4.69, 9.17) is 4.74 Å². The fourth-order valence-corrected chi connectivity index (χ4v) is 6.39. The highest BCUT2D eigenvalue weighted by Crippen LogP contribution is 2.48. The number of anilines is 1. The fourth-order valence-electron chi connectivity index (χ4n) is 6.39. The van der Waals surface area contributed by atoms with Crippen LogP contribution in [0.5, 0.6) is 0 Å². The largest absolute Gasteiger partial charge is 0.465 e. The lowest BCUT2D eigenvalue weighted by atomic mass is 9.79. The van der Waals surface area contributed by atoms with Crippen LogP contribution in [-0.2, 0) is 20.4 Å². The number of rotatable bonds is 12. The number of carbonyl (C=O) groups is 1. The molecule has 0 saturated heterocycles.